The molecule has 0 saturated carbocycles. The molecule has 2 aromatic carbocycles. The van der Waals surface area contributed by atoms with Crippen molar-refractivity contribution < 1.29 is 28.5 Å². The van der Waals surface area contributed by atoms with Crippen LogP contribution in [-0.2, 0) is 11.3 Å². The number of fused-ring (bicyclic) bond motifs is 2. The Hall–Kier alpha value is -4.42. The van der Waals surface area contributed by atoms with Crippen LogP contribution < -0.4 is 14.8 Å². The molecule has 0 radical (unpaired) electrons. The lowest BCUT2D eigenvalue weighted by atomic mass is 10.1. The number of aliphatic hydroxyl groups excluding tert-OH is 1. The summed E-state index contributed by atoms with van der Waals surface area (Å²) in [5.74, 6) is -0.155. The Morgan fingerprint density at radius 1 is 1.07 bits per heavy atom. The number of amides is 1. The van der Waals surface area contributed by atoms with Gasteiger partial charge < -0.3 is 19.3 Å². The molecule has 0 aliphatic rings. The maximum Gasteiger partial charge on any atom is 0.412 e. The molecule has 0 saturated heterocycles. The quantitative estimate of drug-likeness (QED) is 0.246. The Kier molecular flexibility index (Phi) is 7.71. The van der Waals surface area contributed by atoms with E-state index < -0.39 is 24.1 Å². The molecular weight excluding hydrogens is 537 g/mol. The number of nitrogens with zero attached hydrogens (tertiary/aromatic N) is 4. The second-order valence-electron chi connectivity index (χ2n) is 9.16. The van der Waals surface area contributed by atoms with Crippen molar-refractivity contribution >= 4 is 44.4 Å². The van der Waals surface area contributed by atoms with Crippen molar-refractivity contribution in [2.24, 2.45) is 0 Å². The number of aryl methyl sites for hydroxylation is 1. The Balaban J connectivity index is 1.33. The molecule has 10 nitrogen and oxygen atoms in total. The molecule has 2 N–H and O–H groups in total. The molecule has 0 spiro atoms. The molecule has 206 valence electrons. The molecule has 0 aliphatic carbocycles. The number of halogens is 1. The number of aromatic nitrogens is 4. The first-order valence-electron chi connectivity index (χ1n) is 12.3. The summed E-state index contributed by atoms with van der Waals surface area (Å²) in [4.78, 5) is 29.9. The summed E-state index contributed by atoms with van der Waals surface area (Å²) >= 11 is 1.38. The van der Waals surface area contributed by atoms with Gasteiger partial charge in [0.2, 0.25) is 5.88 Å². The average Bonchev–Trinajstić information content (AvgIpc) is 3.34. The Labute approximate surface area is 232 Å². The van der Waals surface area contributed by atoms with E-state index in [0.29, 0.717) is 38.7 Å². The minimum Gasteiger partial charge on any atom is -0.484 e. The number of carbonyl (C=O) groups is 1. The third-order valence-electron chi connectivity index (χ3n) is 6.14. The van der Waals surface area contributed by atoms with Crippen LogP contribution in [0.2, 0.25) is 0 Å². The van der Waals surface area contributed by atoms with Crippen molar-refractivity contribution in [3.8, 4) is 22.2 Å². The lowest BCUT2D eigenvalue weighted by Crippen LogP contribution is -2.32. The standard InChI is InChI=1S/C28H26FN5O5S/c1-14-5-19(26-22(6-14)33-25(37-4)12-31-26)27-34-21-8-20(29)23(9-24(21)40-27)38-15(2)16(3)39-28(36)32-18-7-17(13-35)10-30-11-18/h5-12,15-16,35H,13H2,1-4H3,(H,32,36)/t15-,16+/m0/s1. The molecule has 5 rings (SSSR count). The third kappa shape index (κ3) is 5.77. The van der Waals surface area contributed by atoms with Gasteiger partial charge >= 0.3 is 6.09 Å². The zero-order chi connectivity index (χ0) is 28.4. The fourth-order valence-corrected chi connectivity index (χ4v) is 4.99. The van der Waals surface area contributed by atoms with Gasteiger partial charge in [-0.05, 0) is 50.1 Å². The van der Waals surface area contributed by atoms with E-state index in [4.69, 9.17) is 14.2 Å². The van der Waals surface area contributed by atoms with Crippen molar-refractivity contribution in [1.82, 2.24) is 19.9 Å². The number of thiazole rings is 1. The van der Waals surface area contributed by atoms with Crippen LogP contribution in [0.3, 0.4) is 0 Å². The number of aliphatic hydroxyl groups is 1. The average molecular weight is 564 g/mol. The van der Waals surface area contributed by atoms with Crippen LogP contribution in [0.15, 0.2) is 48.9 Å². The number of pyridine rings is 1. The fourth-order valence-electron chi connectivity index (χ4n) is 4.00. The van der Waals surface area contributed by atoms with Crippen molar-refractivity contribution in [3.05, 3.63) is 65.9 Å². The first-order chi connectivity index (χ1) is 19.2. The van der Waals surface area contributed by atoms with Crippen LogP contribution in [0.5, 0.6) is 11.6 Å². The van der Waals surface area contributed by atoms with E-state index in [1.165, 1.54) is 36.9 Å². The number of methoxy groups -OCH3 is 1. The van der Waals surface area contributed by atoms with Gasteiger partial charge in [-0.25, -0.2) is 24.1 Å². The van der Waals surface area contributed by atoms with Gasteiger partial charge in [-0.15, -0.1) is 11.3 Å². The van der Waals surface area contributed by atoms with E-state index in [0.717, 1.165) is 15.8 Å². The molecule has 1 amide bonds. The van der Waals surface area contributed by atoms with Crippen LogP contribution in [0.1, 0.15) is 25.0 Å². The molecule has 0 aliphatic heterocycles. The molecule has 12 heteroatoms. The number of rotatable bonds is 8. The maximum absolute atomic E-state index is 15.0. The van der Waals surface area contributed by atoms with Crippen LogP contribution >= 0.6 is 11.3 Å². The summed E-state index contributed by atoms with van der Waals surface area (Å²) in [7, 11) is 1.54. The first kappa shape index (κ1) is 27.2. The second-order valence-corrected chi connectivity index (χ2v) is 10.2. The van der Waals surface area contributed by atoms with E-state index in [-0.39, 0.29) is 12.4 Å². The molecule has 5 aromatic rings. The van der Waals surface area contributed by atoms with Crippen molar-refractivity contribution in [2.45, 2.75) is 39.6 Å². The number of hydrogen-bond donors (Lipinski definition) is 2. The normalized spacial score (nSPS) is 12.8. The van der Waals surface area contributed by atoms with Crippen molar-refractivity contribution in [1.29, 1.82) is 0 Å². The van der Waals surface area contributed by atoms with Crippen molar-refractivity contribution in [3.63, 3.8) is 0 Å². The summed E-state index contributed by atoms with van der Waals surface area (Å²) in [6.07, 6.45) is 2.36. The molecule has 0 bridgehead atoms. The lowest BCUT2D eigenvalue weighted by Gasteiger charge is -2.22. The monoisotopic (exact) mass is 563 g/mol. The zero-order valence-electron chi connectivity index (χ0n) is 22.1. The number of anilines is 1. The van der Waals surface area contributed by atoms with E-state index in [2.05, 4.69) is 25.3 Å². The van der Waals surface area contributed by atoms with Gasteiger partial charge in [-0.1, -0.05) is 0 Å². The summed E-state index contributed by atoms with van der Waals surface area (Å²) in [6, 6.07) is 8.38. The summed E-state index contributed by atoms with van der Waals surface area (Å²) in [6.45, 7) is 5.07. The number of benzene rings is 2. The van der Waals surface area contributed by atoms with Crippen LogP contribution in [0, 0.1) is 12.7 Å². The Bertz CT molecular complexity index is 1710. The predicted molar refractivity (Wildman–Crippen MR) is 149 cm³/mol. The molecule has 0 fully saturated rings. The number of ether oxygens (including phenoxy) is 3. The van der Waals surface area contributed by atoms with Crippen LogP contribution in [-0.4, -0.2) is 50.5 Å². The largest absolute Gasteiger partial charge is 0.484 e. The number of nitrogens with one attached hydrogen (secondary N) is 1. The summed E-state index contributed by atoms with van der Waals surface area (Å²) in [5, 5.41) is 12.5. The van der Waals surface area contributed by atoms with E-state index >= 15 is 4.39 Å². The predicted octanol–water partition coefficient (Wildman–Crippen LogP) is 5.65. The van der Waals surface area contributed by atoms with Gasteiger partial charge in [-0.2, -0.15) is 0 Å². The molecule has 0 unspecified atom stereocenters. The first-order valence-corrected chi connectivity index (χ1v) is 13.2. The van der Waals surface area contributed by atoms with Crippen molar-refractivity contribution in [2.75, 3.05) is 12.4 Å². The van der Waals surface area contributed by atoms with E-state index in [9.17, 15) is 9.90 Å². The highest BCUT2D eigenvalue weighted by Gasteiger charge is 2.22. The second kappa shape index (κ2) is 11.4. The summed E-state index contributed by atoms with van der Waals surface area (Å²) in [5.41, 5.74) is 4.51. The van der Waals surface area contributed by atoms with Crippen LogP contribution in [0.4, 0.5) is 14.9 Å². The van der Waals surface area contributed by atoms with Gasteiger partial charge in [0.1, 0.15) is 17.2 Å². The highest BCUT2D eigenvalue weighted by atomic mass is 32.1. The van der Waals surface area contributed by atoms with E-state index in [1.54, 1.807) is 32.2 Å². The minimum atomic E-state index is -0.728. The molecule has 40 heavy (non-hydrogen) atoms. The fraction of sp³-hybridized carbons (Fsp3) is 0.250. The van der Waals surface area contributed by atoms with Gasteiger partial charge in [0.15, 0.2) is 11.6 Å². The Morgan fingerprint density at radius 3 is 2.67 bits per heavy atom. The maximum atomic E-state index is 15.0. The molecule has 2 atom stereocenters. The topological polar surface area (TPSA) is 129 Å². The third-order valence-corrected chi connectivity index (χ3v) is 7.19. The molecular formula is C28H26FN5O5S. The molecule has 3 heterocycles. The number of hydrogen-bond acceptors (Lipinski definition) is 10. The highest BCUT2D eigenvalue weighted by molar-refractivity contribution is 7.21. The minimum absolute atomic E-state index is 0.0181. The zero-order valence-corrected chi connectivity index (χ0v) is 23.0. The van der Waals surface area contributed by atoms with Gasteiger partial charge in [0.05, 0.1) is 53.0 Å². The van der Waals surface area contributed by atoms with Gasteiger partial charge in [0.25, 0.3) is 0 Å². The van der Waals surface area contributed by atoms with E-state index in [1.807, 2.05) is 19.1 Å². The van der Waals surface area contributed by atoms with Gasteiger partial charge in [0, 0.05) is 23.9 Å². The van der Waals surface area contributed by atoms with Gasteiger partial charge in [-0.3, -0.25) is 10.3 Å². The SMILES string of the molecule is COc1cnc2c(-c3nc4cc(F)c(O[C@@H](C)[C@@H](C)OC(=O)Nc5cncc(CO)c5)cc4s3)cc(C)cc2n1. The summed E-state index contributed by atoms with van der Waals surface area (Å²) < 4.78 is 32.2. The van der Waals surface area contributed by atoms with Crippen LogP contribution in [0.25, 0.3) is 31.8 Å². The molecule has 3 aromatic heterocycles. The lowest BCUT2D eigenvalue weighted by molar-refractivity contribution is 0.0402. The highest BCUT2D eigenvalue weighted by Crippen LogP contribution is 2.37. The number of carbonyl (C=O) groups excluding carboxylic acids is 1. The smallest absolute Gasteiger partial charge is 0.412 e. The Morgan fingerprint density at radius 2 is 1.90 bits per heavy atom.